The van der Waals surface area contributed by atoms with Gasteiger partial charge in [-0.25, -0.2) is 4.39 Å². The predicted molar refractivity (Wildman–Crippen MR) is 119 cm³/mol. The fourth-order valence-corrected chi connectivity index (χ4v) is 4.62. The molecule has 1 aliphatic rings. The molecule has 0 spiro atoms. The number of nitrogens with zero attached hydrogens (tertiary/aromatic N) is 1. The number of aryl methyl sites for hydroxylation is 3. The summed E-state index contributed by atoms with van der Waals surface area (Å²) in [5.74, 6) is -0.556. The summed E-state index contributed by atoms with van der Waals surface area (Å²) in [7, 11) is 0. The second-order valence-electron chi connectivity index (χ2n) is 8.48. The standard InChI is InChI=1S/C25H28FN3O2/c1-15-11-16(2)24-21(12-15)20(17(3)28-24)9-10-27-25(31)22-7-8-23(30)29(22)14-18-5-4-6-19(26)13-18/h4-6,11-13,22,28H,7-10,14H2,1-3H3,(H,27,31). The second-order valence-corrected chi connectivity index (χ2v) is 8.48. The lowest BCUT2D eigenvalue weighted by Gasteiger charge is -2.24. The molecule has 0 aliphatic carbocycles. The maximum Gasteiger partial charge on any atom is 0.242 e. The third-order valence-corrected chi connectivity index (χ3v) is 6.12. The predicted octanol–water partition coefficient (Wildman–Crippen LogP) is 4.08. The van der Waals surface area contributed by atoms with Crippen molar-refractivity contribution in [2.24, 2.45) is 0 Å². The van der Waals surface area contributed by atoms with Gasteiger partial charge in [0.15, 0.2) is 0 Å². The van der Waals surface area contributed by atoms with Crippen LogP contribution in [0.3, 0.4) is 0 Å². The number of halogens is 1. The lowest BCUT2D eigenvalue weighted by atomic mass is 10.0. The SMILES string of the molecule is Cc1cc(C)c2[nH]c(C)c(CCNC(=O)C3CCC(=O)N3Cc3cccc(F)c3)c2c1. The molecule has 3 aromatic rings. The smallest absolute Gasteiger partial charge is 0.242 e. The first-order valence-corrected chi connectivity index (χ1v) is 10.7. The molecule has 1 fully saturated rings. The van der Waals surface area contributed by atoms with Gasteiger partial charge in [0.25, 0.3) is 0 Å². The van der Waals surface area contributed by atoms with Gasteiger partial charge >= 0.3 is 0 Å². The van der Waals surface area contributed by atoms with E-state index in [1.54, 1.807) is 17.0 Å². The van der Waals surface area contributed by atoms with Crippen molar-refractivity contribution in [1.29, 1.82) is 0 Å². The Morgan fingerprint density at radius 2 is 2.03 bits per heavy atom. The number of hydrogen-bond acceptors (Lipinski definition) is 2. The van der Waals surface area contributed by atoms with E-state index in [1.165, 1.54) is 34.2 Å². The summed E-state index contributed by atoms with van der Waals surface area (Å²) in [4.78, 5) is 30.2. The van der Waals surface area contributed by atoms with Crippen LogP contribution in [0.15, 0.2) is 36.4 Å². The number of aromatic nitrogens is 1. The molecule has 1 unspecified atom stereocenters. The third-order valence-electron chi connectivity index (χ3n) is 6.12. The van der Waals surface area contributed by atoms with Crippen LogP contribution in [0.5, 0.6) is 0 Å². The van der Waals surface area contributed by atoms with E-state index in [9.17, 15) is 14.0 Å². The first kappa shape index (κ1) is 21.1. The van der Waals surface area contributed by atoms with Crippen LogP contribution in [0.2, 0.25) is 0 Å². The van der Waals surface area contributed by atoms with Crippen LogP contribution in [-0.4, -0.2) is 34.3 Å². The Kier molecular flexibility index (Phi) is 5.81. The number of aromatic amines is 1. The highest BCUT2D eigenvalue weighted by atomic mass is 19.1. The van der Waals surface area contributed by atoms with Crippen LogP contribution < -0.4 is 5.32 Å². The van der Waals surface area contributed by atoms with Crippen molar-refractivity contribution >= 4 is 22.7 Å². The Hall–Kier alpha value is -3.15. The van der Waals surface area contributed by atoms with Crippen LogP contribution in [-0.2, 0) is 22.6 Å². The summed E-state index contributed by atoms with van der Waals surface area (Å²) in [5, 5.41) is 4.21. The van der Waals surface area contributed by atoms with Crippen molar-refractivity contribution < 1.29 is 14.0 Å². The van der Waals surface area contributed by atoms with E-state index in [0.29, 0.717) is 31.4 Å². The average molecular weight is 422 g/mol. The number of fused-ring (bicyclic) bond motifs is 1. The van der Waals surface area contributed by atoms with Crippen LogP contribution in [0.4, 0.5) is 4.39 Å². The molecular formula is C25H28FN3O2. The Morgan fingerprint density at radius 3 is 2.81 bits per heavy atom. The normalized spacial score (nSPS) is 16.3. The van der Waals surface area contributed by atoms with Crippen molar-refractivity contribution in [3.63, 3.8) is 0 Å². The topological polar surface area (TPSA) is 65.2 Å². The Balaban J connectivity index is 1.42. The first-order chi connectivity index (χ1) is 14.8. The van der Waals surface area contributed by atoms with Gasteiger partial charge in [-0.2, -0.15) is 0 Å². The lowest BCUT2D eigenvalue weighted by molar-refractivity contribution is -0.135. The number of hydrogen-bond donors (Lipinski definition) is 2. The summed E-state index contributed by atoms with van der Waals surface area (Å²) < 4.78 is 13.5. The van der Waals surface area contributed by atoms with Crippen LogP contribution >= 0.6 is 0 Å². The Labute approximate surface area is 181 Å². The number of nitrogens with one attached hydrogen (secondary N) is 2. The molecule has 1 atom stereocenters. The van der Waals surface area contributed by atoms with E-state index in [0.717, 1.165) is 11.2 Å². The van der Waals surface area contributed by atoms with Crippen LogP contribution in [0.1, 0.15) is 40.8 Å². The summed E-state index contributed by atoms with van der Waals surface area (Å²) in [6, 6.07) is 10.00. The second kappa shape index (κ2) is 8.53. The van der Waals surface area contributed by atoms with E-state index in [2.05, 4.69) is 43.2 Å². The van der Waals surface area contributed by atoms with Crippen molar-refractivity contribution in [2.75, 3.05) is 6.54 Å². The zero-order valence-corrected chi connectivity index (χ0v) is 18.2. The van der Waals surface area contributed by atoms with Gasteiger partial charge in [-0.15, -0.1) is 0 Å². The number of carbonyl (C=O) groups is 2. The number of amides is 2. The highest BCUT2D eigenvalue weighted by Gasteiger charge is 2.35. The maximum absolute atomic E-state index is 13.5. The van der Waals surface area contributed by atoms with E-state index >= 15 is 0 Å². The van der Waals surface area contributed by atoms with Gasteiger partial charge in [-0.1, -0.05) is 23.8 Å². The van der Waals surface area contributed by atoms with Gasteiger partial charge in [-0.05, 0) is 68.5 Å². The number of carbonyl (C=O) groups excluding carboxylic acids is 2. The minimum absolute atomic E-state index is 0.0668. The van der Waals surface area contributed by atoms with Crippen molar-refractivity contribution in [3.8, 4) is 0 Å². The fourth-order valence-electron chi connectivity index (χ4n) is 4.62. The molecule has 0 bridgehead atoms. The first-order valence-electron chi connectivity index (χ1n) is 10.7. The third kappa shape index (κ3) is 4.33. The molecule has 2 aromatic carbocycles. The summed E-state index contributed by atoms with van der Waals surface area (Å²) in [6.45, 7) is 6.99. The van der Waals surface area contributed by atoms with Gasteiger partial charge in [0.05, 0.1) is 0 Å². The van der Waals surface area contributed by atoms with Crippen molar-refractivity contribution in [1.82, 2.24) is 15.2 Å². The largest absolute Gasteiger partial charge is 0.358 e. The summed E-state index contributed by atoms with van der Waals surface area (Å²) in [5.41, 5.74) is 6.58. The number of benzene rings is 2. The molecule has 2 heterocycles. The zero-order valence-electron chi connectivity index (χ0n) is 18.2. The van der Waals surface area contributed by atoms with Gasteiger partial charge in [0, 0.05) is 36.1 Å². The highest BCUT2D eigenvalue weighted by molar-refractivity contribution is 5.91. The van der Waals surface area contributed by atoms with Gasteiger partial charge in [-0.3, -0.25) is 9.59 Å². The molecule has 1 aromatic heterocycles. The monoisotopic (exact) mass is 421 g/mol. The quantitative estimate of drug-likeness (QED) is 0.630. The molecule has 6 heteroatoms. The molecule has 2 N–H and O–H groups in total. The molecule has 2 amide bonds. The highest BCUT2D eigenvalue weighted by Crippen LogP contribution is 2.27. The zero-order chi connectivity index (χ0) is 22.1. The molecular weight excluding hydrogens is 393 g/mol. The van der Waals surface area contributed by atoms with Crippen molar-refractivity contribution in [2.45, 2.75) is 52.6 Å². The van der Waals surface area contributed by atoms with E-state index < -0.39 is 6.04 Å². The number of likely N-dealkylation sites (tertiary alicyclic amines) is 1. The van der Waals surface area contributed by atoms with Crippen LogP contribution in [0.25, 0.3) is 10.9 Å². The molecule has 5 nitrogen and oxygen atoms in total. The summed E-state index contributed by atoms with van der Waals surface area (Å²) >= 11 is 0. The van der Waals surface area contributed by atoms with Gasteiger partial charge < -0.3 is 15.2 Å². The molecule has 0 radical (unpaired) electrons. The molecule has 162 valence electrons. The summed E-state index contributed by atoms with van der Waals surface area (Å²) in [6.07, 6.45) is 1.54. The van der Waals surface area contributed by atoms with Gasteiger partial charge in [0.1, 0.15) is 11.9 Å². The maximum atomic E-state index is 13.5. The van der Waals surface area contributed by atoms with E-state index in [4.69, 9.17) is 0 Å². The number of rotatable bonds is 6. The molecule has 1 saturated heterocycles. The molecule has 0 saturated carbocycles. The molecule has 31 heavy (non-hydrogen) atoms. The van der Waals surface area contributed by atoms with E-state index in [-0.39, 0.29) is 24.2 Å². The lowest BCUT2D eigenvalue weighted by Crippen LogP contribution is -2.44. The minimum atomic E-state index is -0.510. The Bertz CT molecular complexity index is 1150. The average Bonchev–Trinajstić information content (AvgIpc) is 3.22. The molecule has 1 aliphatic heterocycles. The Morgan fingerprint density at radius 1 is 1.23 bits per heavy atom. The minimum Gasteiger partial charge on any atom is -0.358 e. The fraction of sp³-hybridized carbons (Fsp3) is 0.360. The van der Waals surface area contributed by atoms with Crippen LogP contribution in [0, 0.1) is 26.6 Å². The number of H-pyrrole nitrogens is 1. The van der Waals surface area contributed by atoms with E-state index in [1.807, 2.05) is 0 Å². The van der Waals surface area contributed by atoms with Crippen molar-refractivity contribution in [3.05, 3.63) is 70.2 Å². The molecule has 4 rings (SSSR count). The van der Waals surface area contributed by atoms with Gasteiger partial charge in [0.2, 0.25) is 11.8 Å².